The van der Waals surface area contributed by atoms with Gasteiger partial charge in [-0.1, -0.05) is 60.7 Å². The van der Waals surface area contributed by atoms with E-state index in [4.69, 9.17) is 9.97 Å². The Morgan fingerprint density at radius 2 is 0.697 bits per heavy atom. The van der Waals surface area contributed by atoms with Gasteiger partial charge in [-0.15, -0.1) is 0 Å². The van der Waals surface area contributed by atoms with Gasteiger partial charge in [0.2, 0.25) is 0 Å². The Morgan fingerprint density at radius 3 is 1.08 bits per heavy atom. The van der Waals surface area contributed by atoms with Crippen LogP contribution in [-0.2, 0) is 30.9 Å². The molecule has 0 N–H and O–H groups in total. The summed E-state index contributed by atoms with van der Waals surface area (Å²) in [4.78, 5) is 9.64. The summed E-state index contributed by atoms with van der Waals surface area (Å²) >= 11 is 0. The molecular weight excluding hydrogens is 1030 g/mol. The van der Waals surface area contributed by atoms with E-state index in [1.807, 2.05) is 0 Å². The Hall–Kier alpha value is -8.61. The maximum Gasteiger partial charge on any atom is 0.417 e. The van der Waals surface area contributed by atoms with Crippen molar-refractivity contribution in [2.45, 2.75) is 30.9 Å². The van der Waals surface area contributed by atoms with Crippen LogP contribution in [0, 0.1) is 0 Å². The van der Waals surface area contributed by atoms with Gasteiger partial charge in [-0.05, 0) is 121 Å². The molecule has 0 aliphatic carbocycles. The van der Waals surface area contributed by atoms with Crippen molar-refractivity contribution in [3.8, 4) is 56.4 Å². The van der Waals surface area contributed by atoms with E-state index in [1.54, 1.807) is 66.7 Å². The lowest BCUT2D eigenvalue weighted by atomic mass is 9.94. The second kappa shape index (κ2) is 17.5. The van der Waals surface area contributed by atoms with Crippen LogP contribution in [0.4, 0.5) is 65.9 Å². The first-order valence-corrected chi connectivity index (χ1v) is 22.6. The molecule has 0 amide bonds. The summed E-state index contributed by atoms with van der Waals surface area (Å²) in [7, 11) is 0. The second-order valence-corrected chi connectivity index (χ2v) is 17.7. The number of halogens is 15. The van der Waals surface area contributed by atoms with Crippen LogP contribution < -0.4 is 0 Å². The smallest absolute Gasteiger partial charge is 0.309 e. The Balaban J connectivity index is 1.25. The monoisotopic (exact) mass is 1050 g/mol. The summed E-state index contributed by atoms with van der Waals surface area (Å²) in [5.41, 5.74) is -6.20. The molecule has 0 radical (unpaired) electrons. The van der Waals surface area contributed by atoms with Crippen LogP contribution in [0.1, 0.15) is 27.8 Å². The normalized spacial score (nSPS) is 12.9. The van der Waals surface area contributed by atoms with E-state index in [0.29, 0.717) is 77.1 Å². The summed E-state index contributed by atoms with van der Waals surface area (Å²) in [6.45, 7) is 0. The molecule has 76 heavy (non-hydrogen) atoms. The van der Waals surface area contributed by atoms with E-state index in [2.05, 4.69) is 0 Å². The molecule has 0 aliphatic rings. The largest absolute Gasteiger partial charge is 0.417 e. The first kappa shape index (κ1) is 49.6. The van der Waals surface area contributed by atoms with Crippen molar-refractivity contribution in [1.82, 2.24) is 19.1 Å². The Labute approximate surface area is 418 Å². The van der Waals surface area contributed by atoms with Crippen LogP contribution in [0.15, 0.2) is 176 Å². The third-order valence-corrected chi connectivity index (χ3v) is 13.1. The van der Waals surface area contributed by atoms with Crippen molar-refractivity contribution in [3.63, 3.8) is 0 Å². The van der Waals surface area contributed by atoms with Crippen molar-refractivity contribution >= 4 is 43.6 Å². The third-order valence-electron chi connectivity index (χ3n) is 13.1. The number of rotatable bonds is 6. The molecule has 382 valence electrons. The molecule has 11 rings (SSSR count). The van der Waals surface area contributed by atoms with Gasteiger partial charge in [0.1, 0.15) is 0 Å². The number of nitrogens with zero attached hydrogens (tertiary/aromatic N) is 4. The van der Waals surface area contributed by atoms with E-state index in [1.165, 1.54) is 27.3 Å². The fourth-order valence-corrected chi connectivity index (χ4v) is 9.61. The van der Waals surface area contributed by atoms with Gasteiger partial charge in [0.05, 0.1) is 67.0 Å². The van der Waals surface area contributed by atoms with Gasteiger partial charge >= 0.3 is 30.9 Å². The predicted octanol–water partition coefficient (Wildman–Crippen LogP) is 18.4. The minimum Gasteiger partial charge on any atom is -0.309 e. The van der Waals surface area contributed by atoms with Crippen molar-refractivity contribution in [2.75, 3.05) is 0 Å². The lowest BCUT2D eigenvalue weighted by Crippen LogP contribution is -2.10. The highest BCUT2D eigenvalue weighted by atomic mass is 19.4. The molecule has 19 heteroatoms. The molecule has 3 aromatic heterocycles. The molecule has 4 nitrogen and oxygen atoms in total. The minimum absolute atomic E-state index is 0.0343. The number of hydrogen-bond acceptors (Lipinski definition) is 2. The van der Waals surface area contributed by atoms with E-state index in [-0.39, 0.29) is 71.9 Å². The highest BCUT2D eigenvalue weighted by molar-refractivity contribution is 6.11. The summed E-state index contributed by atoms with van der Waals surface area (Å²) in [5, 5.41) is -1.34. The summed E-state index contributed by atoms with van der Waals surface area (Å²) in [5.74, 6) is -0.0343. The molecule has 11 aromatic rings. The quantitative estimate of drug-likeness (QED) is 0.156. The van der Waals surface area contributed by atoms with Crippen LogP contribution in [-0.4, -0.2) is 19.1 Å². The van der Waals surface area contributed by atoms with Crippen LogP contribution in [0.5, 0.6) is 0 Å². The molecule has 0 fully saturated rings. The van der Waals surface area contributed by atoms with Crippen molar-refractivity contribution in [2.24, 2.45) is 0 Å². The van der Waals surface area contributed by atoms with E-state index in [0.717, 1.165) is 36.4 Å². The standard InChI is InChI=1S/C57H29F15N4/c58-53(59,60)33-12-19-47-40(24-33)41-25-34(54(61,62)63)13-20-48(41)75(47)37-16-17-44(57(70,71)72)38(28-37)39-23-32(52-73-45(30-7-3-1-4-8-30)29-46(74-52)31-9-5-2-6-10-31)11-18-49(39)76-50-21-14-35(55(64,65)66)26-42(50)43-27-36(56(67,68)69)15-22-51(43)76/h1-29H. The molecule has 0 spiro atoms. The van der Waals surface area contributed by atoms with Crippen LogP contribution in [0.3, 0.4) is 0 Å². The van der Waals surface area contributed by atoms with Crippen molar-refractivity contribution in [3.05, 3.63) is 204 Å². The third kappa shape index (κ3) is 8.81. The molecule has 0 saturated heterocycles. The maximum atomic E-state index is 15.8. The molecule has 0 saturated carbocycles. The molecule has 3 heterocycles. The predicted molar refractivity (Wildman–Crippen MR) is 257 cm³/mol. The molecule has 0 unspecified atom stereocenters. The molecule has 0 aliphatic heterocycles. The van der Waals surface area contributed by atoms with Crippen LogP contribution in [0.25, 0.3) is 100 Å². The lowest BCUT2D eigenvalue weighted by molar-refractivity contribution is -0.138. The van der Waals surface area contributed by atoms with Gasteiger partial charge in [-0.2, -0.15) is 65.9 Å². The first-order chi connectivity index (χ1) is 35.8. The maximum absolute atomic E-state index is 15.8. The Kier molecular flexibility index (Phi) is 11.4. The van der Waals surface area contributed by atoms with Crippen LogP contribution in [0.2, 0.25) is 0 Å². The number of alkyl halides is 15. The fourth-order valence-electron chi connectivity index (χ4n) is 9.61. The van der Waals surface area contributed by atoms with E-state index < -0.39 is 64.3 Å². The van der Waals surface area contributed by atoms with Crippen LogP contribution >= 0.6 is 0 Å². The van der Waals surface area contributed by atoms with Gasteiger partial charge in [-0.3, -0.25) is 0 Å². The highest BCUT2D eigenvalue weighted by Crippen LogP contribution is 2.47. The van der Waals surface area contributed by atoms with Gasteiger partial charge in [0.25, 0.3) is 0 Å². The molecule has 0 atom stereocenters. The number of fused-ring (bicyclic) bond motifs is 6. The van der Waals surface area contributed by atoms with Gasteiger partial charge in [-0.25, -0.2) is 9.97 Å². The Morgan fingerprint density at radius 1 is 0.303 bits per heavy atom. The summed E-state index contributed by atoms with van der Waals surface area (Å²) < 4.78 is 221. The van der Waals surface area contributed by atoms with E-state index >= 15 is 13.2 Å². The zero-order chi connectivity index (χ0) is 53.9. The average Bonchev–Trinajstić information content (AvgIpc) is 4.03. The zero-order valence-electron chi connectivity index (χ0n) is 38.2. The second-order valence-electron chi connectivity index (χ2n) is 17.7. The van der Waals surface area contributed by atoms with Crippen molar-refractivity contribution in [1.29, 1.82) is 0 Å². The zero-order valence-corrected chi connectivity index (χ0v) is 38.2. The summed E-state index contributed by atoms with van der Waals surface area (Å²) in [6, 6.07) is 35.0. The first-order valence-electron chi connectivity index (χ1n) is 22.6. The number of hydrogen-bond donors (Lipinski definition) is 0. The molecule has 0 bridgehead atoms. The van der Waals surface area contributed by atoms with Crippen molar-refractivity contribution < 1.29 is 65.9 Å². The number of benzene rings is 8. The van der Waals surface area contributed by atoms with Gasteiger partial charge in [0, 0.05) is 49.5 Å². The fraction of sp³-hybridized carbons (Fsp3) is 0.0877. The van der Waals surface area contributed by atoms with E-state index in [9.17, 15) is 52.7 Å². The van der Waals surface area contributed by atoms with Gasteiger partial charge < -0.3 is 9.13 Å². The SMILES string of the molecule is FC(F)(F)c1ccc2c(c1)c1cc(C(F)(F)F)ccc1n2-c1ccc(C(F)(F)F)c(-c2cc(-c3nc(-c4ccccc4)cc(-c4ccccc4)n3)ccc2-n2c3ccc(C(F)(F)F)cc3c3cc(C(F)(F)F)ccc32)c1. The van der Waals surface area contributed by atoms with Gasteiger partial charge in [0.15, 0.2) is 5.82 Å². The minimum atomic E-state index is -5.22. The lowest BCUT2D eigenvalue weighted by Gasteiger charge is -2.21. The summed E-state index contributed by atoms with van der Waals surface area (Å²) in [6.07, 6.45) is -25.1. The topological polar surface area (TPSA) is 35.6 Å². The highest BCUT2D eigenvalue weighted by Gasteiger charge is 2.38. The molecule has 8 aromatic carbocycles. The average molecular weight is 1050 g/mol. The number of aromatic nitrogens is 4. The Bertz CT molecular complexity index is 3890. The molecular formula is C57H29F15N4.